The molecule has 0 N–H and O–H groups in total. The minimum absolute atomic E-state index is 0.963. The van der Waals surface area contributed by atoms with E-state index in [2.05, 4.69) is 19.4 Å². The maximum atomic E-state index is 10.6. The quantitative estimate of drug-likeness (QED) is 0.306. The van der Waals surface area contributed by atoms with E-state index in [9.17, 15) is 40.5 Å². The first-order chi connectivity index (χ1) is 11.6. The molecule has 25 heavy (non-hydrogen) atoms. The average molecular weight is 374 g/mol. The van der Waals surface area contributed by atoms with Crippen LogP contribution in [0.15, 0.2) is 0 Å². The van der Waals surface area contributed by atoms with Gasteiger partial charge in [-0.25, -0.2) is 0 Å². The summed E-state index contributed by atoms with van der Waals surface area (Å²) < 4.78 is 9.71. The third-order valence-corrected chi connectivity index (χ3v) is 2.79. The number of hydrogen-bond acceptors (Lipinski definition) is 14. The molecular weight excluding hydrogens is 364 g/mol. The van der Waals surface area contributed by atoms with Gasteiger partial charge in [0, 0.05) is 7.11 Å². The van der Waals surface area contributed by atoms with Crippen LogP contribution in [0, 0.1) is 40.5 Å². The van der Waals surface area contributed by atoms with Crippen LogP contribution < -0.4 is 0 Å². The molecule has 0 bridgehead atoms. The summed E-state index contributed by atoms with van der Waals surface area (Å²) >= 11 is 0. The highest BCUT2D eigenvalue weighted by atomic mass is 17.0. The zero-order valence-electron chi connectivity index (χ0n) is 12.1. The highest BCUT2D eigenvalue weighted by molar-refractivity contribution is 4.91. The second kappa shape index (κ2) is 8.54. The van der Waals surface area contributed by atoms with E-state index in [1.165, 1.54) is 0 Å². The first-order valence-corrected chi connectivity index (χ1v) is 6.04. The van der Waals surface area contributed by atoms with Crippen molar-refractivity contribution < 1.29 is 49.2 Å². The summed E-state index contributed by atoms with van der Waals surface area (Å²) in [6.07, 6.45) is -9.55. The lowest BCUT2D eigenvalue weighted by Gasteiger charge is -2.42. The fraction of sp³-hybridized carbons (Fsp3) is 1.00. The molecule has 0 saturated carbocycles. The fourth-order valence-electron chi connectivity index (χ4n) is 1.99. The van der Waals surface area contributed by atoms with E-state index in [4.69, 9.17) is 9.47 Å². The van der Waals surface area contributed by atoms with Gasteiger partial charge in [0.2, 0.25) is 0 Å². The molecule has 5 atom stereocenters. The van der Waals surface area contributed by atoms with Crippen molar-refractivity contribution in [2.45, 2.75) is 30.7 Å². The van der Waals surface area contributed by atoms with Crippen molar-refractivity contribution in [3.63, 3.8) is 0 Å². The number of hydrogen-bond donors (Lipinski definition) is 0. The maximum Gasteiger partial charge on any atom is 0.295 e. The average Bonchev–Trinajstić information content (AvgIpc) is 2.48. The van der Waals surface area contributed by atoms with Gasteiger partial charge in [-0.15, -0.1) is 40.5 Å². The number of nitrogens with zero attached hydrogens (tertiary/aromatic N) is 4. The van der Waals surface area contributed by atoms with E-state index in [0.29, 0.717) is 0 Å². The van der Waals surface area contributed by atoms with Crippen molar-refractivity contribution >= 4 is 0 Å². The molecule has 0 aromatic heterocycles. The van der Waals surface area contributed by atoms with E-state index >= 15 is 0 Å². The lowest BCUT2D eigenvalue weighted by atomic mass is 9.99. The molecule has 0 aromatic carbocycles. The van der Waals surface area contributed by atoms with Gasteiger partial charge >= 0.3 is 0 Å². The topological polar surface area (TPSA) is 228 Å². The van der Waals surface area contributed by atoms with Crippen LogP contribution in [-0.2, 0) is 28.8 Å². The van der Waals surface area contributed by atoms with Crippen LogP contribution in [0.3, 0.4) is 0 Å². The summed E-state index contributed by atoms with van der Waals surface area (Å²) in [7, 11) is 0.963. The molecule has 0 unspecified atom stereocenters. The number of methoxy groups -OCH3 is 1. The van der Waals surface area contributed by atoms with Crippen LogP contribution in [0.1, 0.15) is 0 Å². The summed E-state index contributed by atoms with van der Waals surface area (Å²) in [4.78, 5) is 58.5. The Hall–Kier alpha value is -3.28. The maximum absolute atomic E-state index is 10.6. The van der Waals surface area contributed by atoms with Crippen molar-refractivity contribution in [1.82, 2.24) is 0 Å². The van der Waals surface area contributed by atoms with Crippen LogP contribution in [0.5, 0.6) is 0 Å². The van der Waals surface area contributed by atoms with E-state index in [1.807, 2.05) is 0 Å². The minimum Gasteiger partial charge on any atom is -0.353 e. The molecule has 0 amide bonds. The smallest absolute Gasteiger partial charge is 0.295 e. The SMILES string of the molecule is CO[C@@H]1O[C@H](CO[N+](=O)[O-])[C@@H](O[N+](=O)[O-])[C@H](O[N+](=O)[O-])[C@H]1O[N+](=O)[O-]. The van der Waals surface area contributed by atoms with Gasteiger partial charge in [-0.1, -0.05) is 0 Å². The van der Waals surface area contributed by atoms with Gasteiger partial charge in [0.05, 0.1) is 0 Å². The van der Waals surface area contributed by atoms with Crippen molar-refractivity contribution in [2.75, 3.05) is 13.7 Å². The van der Waals surface area contributed by atoms with Gasteiger partial charge in [0.15, 0.2) is 24.6 Å². The first kappa shape index (κ1) is 19.8. The Bertz CT molecular complexity index is 527. The lowest BCUT2D eigenvalue weighted by Crippen LogP contribution is -2.63. The standard InChI is InChI=1S/C7H10N4O14/c1-20-7-6(25-11(18)19)5(24-10(16)17)4(23-9(14)15)3(22-7)2-21-8(12)13/h3-7H,2H2,1H3/t3-,4-,5+,6-,7-/m1/s1. The molecular formula is C7H10N4O14. The van der Waals surface area contributed by atoms with Crippen molar-refractivity contribution in [1.29, 1.82) is 0 Å². The molecule has 18 heteroatoms. The first-order valence-electron chi connectivity index (χ1n) is 6.04. The second-order valence-electron chi connectivity index (χ2n) is 4.18. The second-order valence-corrected chi connectivity index (χ2v) is 4.18. The molecule has 0 spiro atoms. The predicted octanol–water partition coefficient (Wildman–Crippen LogP) is -1.70. The molecule has 1 aliphatic heterocycles. The molecule has 18 nitrogen and oxygen atoms in total. The molecule has 0 aliphatic carbocycles. The Labute approximate surface area is 135 Å². The van der Waals surface area contributed by atoms with Crippen LogP contribution in [0.2, 0.25) is 0 Å². The molecule has 1 heterocycles. The van der Waals surface area contributed by atoms with Gasteiger partial charge in [0.1, 0.15) is 12.7 Å². The largest absolute Gasteiger partial charge is 0.353 e. The molecule has 1 rings (SSSR count). The normalized spacial score (nSPS) is 28.4. The Morgan fingerprint density at radius 3 is 1.72 bits per heavy atom. The van der Waals surface area contributed by atoms with Crippen LogP contribution in [-0.4, -0.2) is 64.8 Å². The third kappa shape index (κ3) is 5.69. The van der Waals surface area contributed by atoms with Gasteiger partial charge < -0.3 is 28.8 Å². The summed E-state index contributed by atoms with van der Waals surface area (Å²) in [5.41, 5.74) is 0. The summed E-state index contributed by atoms with van der Waals surface area (Å²) in [5, 5.41) is 36.5. The highest BCUT2D eigenvalue weighted by Crippen LogP contribution is 2.29. The van der Waals surface area contributed by atoms with E-state index in [-0.39, 0.29) is 0 Å². The fourth-order valence-corrected chi connectivity index (χ4v) is 1.99. The molecule has 1 fully saturated rings. The third-order valence-electron chi connectivity index (χ3n) is 2.79. The minimum atomic E-state index is -2.11. The molecule has 1 aliphatic rings. The van der Waals surface area contributed by atoms with Gasteiger partial charge in [-0.05, 0) is 0 Å². The zero-order chi connectivity index (χ0) is 19.1. The Kier molecular flexibility index (Phi) is 6.75. The van der Waals surface area contributed by atoms with E-state index in [1.54, 1.807) is 0 Å². The van der Waals surface area contributed by atoms with Crippen molar-refractivity contribution in [2.24, 2.45) is 0 Å². The number of ether oxygens (including phenoxy) is 2. The predicted molar refractivity (Wildman–Crippen MR) is 64.2 cm³/mol. The molecule has 142 valence electrons. The number of rotatable bonds is 10. The van der Waals surface area contributed by atoms with Crippen LogP contribution in [0.25, 0.3) is 0 Å². The highest BCUT2D eigenvalue weighted by Gasteiger charge is 2.53. The Balaban J connectivity index is 3.18. The summed E-state index contributed by atoms with van der Waals surface area (Å²) in [6.45, 7) is -0.978. The van der Waals surface area contributed by atoms with Gasteiger partial charge in [-0.2, -0.15) is 0 Å². The lowest BCUT2D eigenvalue weighted by molar-refractivity contribution is -0.825. The van der Waals surface area contributed by atoms with Gasteiger partial charge in [-0.3, -0.25) is 0 Å². The summed E-state index contributed by atoms with van der Waals surface area (Å²) in [6, 6.07) is 0. The van der Waals surface area contributed by atoms with Crippen LogP contribution in [0.4, 0.5) is 0 Å². The molecule has 0 aromatic rings. The van der Waals surface area contributed by atoms with Crippen molar-refractivity contribution in [3.05, 3.63) is 40.5 Å². The zero-order valence-corrected chi connectivity index (χ0v) is 12.1. The van der Waals surface area contributed by atoms with Crippen LogP contribution >= 0.6 is 0 Å². The van der Waals surface area contributed by atoms with E-state index in [0.717, 1.165) is 7.11 Å². The van der Waals surface area contributed by atoms with Crippen molar-refractivity contribution in [3.8, 4) is 0 Å². The van der Waals surface area contributed by atoms with Gasteiger partial charge in [0.25, 0.3) is 20.3 Å². The summed E-state index contributed by atoms with van der Waals surface area (Å²) in [5.74, 6) is 0. The molecule has 1 saturated heterocycles. The Morgan fingerprint density at radius 2 is 1.28 bits per heavy atom. The molecule has 0 radical (unpaired) electrons. The monoisotopic (exact) mass is 374 g/mol. The Morgan fingerprint density at radius 1 is 0.800 bits per heavy atom. The van der Waals surface area contributed by atoms with E-state index < -0.39 is 57.7 Å².